The fraction of sp³-hybridized carbons (Fsp3) is 0.364. The van der Waals surface area contributed by atoms with Crippen LogP contribution in [0.3, 0.4) is 0 Å². The highest BCUT2D eigenvalue weighted by Crippen LogP contribution is 2.26. The van der Waals surface area contributed by atoms with Gasteiger partial charge < -0.3 is 0 Å². The van der Waals surface area contributed by atoms with E-state index in [0.717, 1.165) is 6.42 Å². The Kier molecular flexibility index (Phi) is 2.68. The summed E-state index contributed by atoms with van der Waals surface area (Å²) in [5, 5.41) is 6.47. The summed E-state index contributed by atoms with van der Waals surface area (Å²) in [6.45, 7) is 4.38. The van der Waals surface area contributed by atoms with Crippen molar-refractivity contribution in [3.05, 3.63) is 29.8 Å². The Balaban J connectivity index is 2.40. The summed E-state index contributed by atoms with van der Waals surface area (Å²) in [5.74, 6) is 0. The van der Waals surface area contributed by atoms with Crippen LogP contribution in [0.5, 0.6) is 0 Å². The van der Waals surface area contributed by atoms with Crippen molar-refractivity contribution in [3.63, 3.8) is 0 Å². The van der Waals surface area contributed by atoms with Crippen LogP contribution in [-0.2, 0) is 0 Å². The van der Waals surface area contributed by atoms with Crippen molar-refractivity contribution in [2.45, 2.75) is 26.3 Å². The Morgan fingerprint density at radius 3 is 3.00 bits per heavy atom. The predicted molar refractivity (Wildman–Crippen MR) is 60.5 cm³/mol. The van der Waals surface area contributed by atoms with E-state index in [0.29, 0.717) is 6.04 Å². The van der Waals surface area contributed by atoms with Gasteiger partial charge in [-0.25, -0.2) is 0 Å². The molecule has 2 rings (SSSR count). The molecule has 0 N–H and O–H groups in total. The highest BCUT2D eigenvalue weighted by Gasteiger charge is 2.10. The van der Waals surface area contributed by atoms with Crippen LogP contribution in [0.1, 0.15) is 26.3 Å². The summed E-state index contributed by atoms with van der Waals surface area (Å²) >= 11 is 1.76. The van der Waals surface area contributed by atoms with E-state index >= 15 is 0 Å². The van der Waals surface area contributed by atoms with E-state index in [9.17, 15) is 0 Å². The molecular formula is C11H14N2S. The maximum Gasteiger partial charge on any atom is 0.0785 e. The molecule has 0 aromatic carbocycles. The van der Waals surface area contributed by atoms with Gasteiger partial charge in [0.1, 0.15) is 0 Å². The average Bonchev–Trinajstić information content (AvgIpc) is 2.85. The maximum atomic E-state index is 4.37. The number of hydrogen-bond acceptors (Lipinski definition) is 2. The molecule has 2 aromatic rings. The van der Waals surface area contributed by atoms with Gasteiger partial charge in [-0.2, -0.15) is 5.10 Å². The third kappa shape index (κ3) is 1.60. The number of hydrogen-bond donors (Lipinski definition) is 0. The van der Waals surface area contributed by atoms with Gasteiger partial charge in [-0.3, -0.25) is 4.68 Å². The molecule has 2 aromatic heterocycles. The zero-order chi connectivity index (χ0) is 9.97. The van der Waals surface area contributed by atoms with E-state index in [-0.39, 0.29) is 0 Å². The van der Waals surface area contributed by atoms with E-state index in [1.54, 1.807) is 11.3 Å². The van der Waals surface area contributed by atoms with Crippen LogP contribution < -0.4 is 0 Å². The lowest BCUT2D eigenvalue weighted by Crippen LogP contribution is -2.06. The molecule has 0 saturated carbocycles. The standard InChI is InChI=1S/C11H14N2S/c1-3-9(2)13-10(6-7-12-13)11-5-4-8-14-11/h4-9H,3H2,1-2H3. The van der Waals surface area contributed by atoms with Crippen molar-refractivity contribution in [1.82, 2.24) is 9.78 Å². The number of nitrogens with zero attached hydrogens (tertiary/aromatic N) is 2. The molecule has 0 spiro atoms. The normalized spacial score (nSPS) is 13.0. The van der Waals surface area contributed by atoms with Crippen LogP contribution in [0, 0.1) is 0 Å². The molecule has 0 amide bonds. The highest BCUT2D eigenvalue weighted by molar-refractivity contribution is 7.13. The van der Waals surface area contributed by atoms with Crippen LogP contribution in [-0.4, -0.2) is 9.78 Å². The molecule has 1 unspecified atom stereocenters. The van der Waals surface area contributed by atoms with Crippen molar-refractivity contribution in [3.8, 4) is 10.6 Å². The zero-order valence-corrected chi connectivity index (χ0v) is 9.29. The Labute approximate surface area is 88.2 Å². The van der Waals surface area contributed by atoms with Gasteiger partial charge in [-0.15, -0.1) is 11.3 Å². The van der Waals surface area contributed by atoms with Crippen molar-refractivity contribution < 1.29 is 0 Å². The number of thiophene rings is 1. The van der Waals surface area contributed by atoms with Crippen molar-refractivity contribution in [1.29, 1.82) is 0 Å². The largest absolute Gasteiger partial charge is 0.261 e. The number of rotatable bonds is 3. The lowest BCUT2D eigenvalue weighted by Gasteiger charge is -2.12. The van der Waals surface area contributed by atoms with Gasteiger partial charge in [0, 0.05) is 12.2 Å². The summed E-state index contributed by atoms with van der Waals surface area (Å²) in [6, 6.07) is 6.77. The molecule has 0 saturated heterocycles. The second-order valence-corrected chi connectivity index (χ2v) is 4.34. The lowest BCUT2D eigenvalue weighted by molar-refractivity contribution is 0.483. The summed E-state index contributed by atoms with van der Waals surface area (Å²) in [4.78, 5) is 1.29. The second kappa shape index (κ2) is 3.96. The second-order valence-electron chi connectivity index (χ2n) is 3.40. The molecule has 0 radical (unpaired) electrons. The van der Waals surface area contributed by atoms with Gasteiger partial charge in [0.05, 0.1) is 10.6 Å². The lowest BCUT2D eigenvalue weighted by atomic mass is 10.2. The monoisotopic (exact) mass is 206 g/mol. The predicted octanol–water partition coefficient (Wildman–Crippen LogP) is 3.58. The smallest absolute Gasteiger partial charge is 0.0785 e. The van der Waals surface area contributed by atoms with Crippen LogP contribution in [0.15, 0.2) is 29.8 Å². The topological polar surface area (TPSA) is 17.8 Å². The minimum absolute atomic E-state index is 0.474. The fourth-order valence-corrected chi connectivity index (χ4v) is 2.20. The molecule has 0 aliphatic heterocycles. The zero-order valence-electron chi connectivity index (χ0n) is 8.47. The third-order valence-electron chi connectivity index (χ3n) is 2.45. The fourth-order valence-electron chi connectivity index (χ4n) is 1.46. The molecule has 0 aliphatic carbocycles. The molecule has 2 heterocycles. The van der Waals surface area contributed by atoms with Crippen molar-refractivity contribution in [2.75, 3.05) is 0 Å². The van der Waals surface area contributed by atoms with Crippen molar-refractivity contribution >= 4 is 11.3 Å². The Hall–Kier alpha value is -1.09. The first kappa shape index (κ1) is 9.46. The Morgan fingerprint density at radius 1 is 1.50 bits per heavy atom. The van der Waals surface area contributed by atoms with Gasteiger partial charge in [0.25, 0.3) is 0 Å². The quantitative estimate of drug-likeness (QED) is 0.750. The summed E-state index contributed by atoms with van der Waals surface area (Å²) in [7, 11) is 0. The first-order valence-corrected chi connectivity index (χ1v) is 5.78. The minimum atomic E-state index is 0.474. The van der Waals surface area contributed by atoms with Crippen LogP contribution in [0.2, 0.25) is 0 Å². The summed E-state index contributed by atoms with van der Waals surface area (Å²) in [6.07, 6.45) is 2.99. The minimum Gasteiger partial charge on any atom is -0.261 e. The highest BCUT2D eigenvalue weighted by atomic mass is 32.1. The van der Waals surface area contributed by atoms with Gasteiger partial charge in [-0.05, 0) is 30.9 Å². The van der Waals surface area contributed by atoms with Crippen LogP contribution >= 0.6 is 11.3 Å². The first-order chi connectivity index (χ1) is 6.83. The molecule has 3 heteroatoms. The summed E-state index contributed by atoms with van der Waals surface area (Å²) in [5.41, 5.74) is 1.23. The average molecular weight is 206 g/mol. The Morgan fingerprint density at radius 2 is 2.36 bits per heavy atom. The van der Waals surface area contributed by atoms with E-state index in [1.807, 2.05) is 6.20 Å². The van der Waals surface area contributed by atoms with Crippen LogP contribution in [0.25, 0.3) is 10.6 Å². The molecule has 2 nitrogen and oxygen atoms in total. The molecule has 0 bridgehead atoms. The van der Waals surface area contributed by atoms with E-state index in [1.165, 1.54) is 10.6 Å². The molecule has 74 valence electrons. The summed E-state index contributed by atoms with van der Waals surface area (Å²) < 4.78 is 2.10. The maximum absolute atomic E-state index is 4.37. The van der Waals surface area contributed by atoms with Gasteiger partial charge in [0.2, 0.25) is 0 Å². The Bertz CT molecular complexity index is 389. The van der Waals surface area contributed by atoms with Gasteiger partial charge in [0.15, 0.2) is 0 Å². The SMILES string of the molecule is CCC(C)n1nccc1-c1cccs1. The van der Waals surface area contributed by atoms with E-state index in [4.69, 9.17) is 0 Å². The third-order valence-corrected chi connectivity index (χ3v) is 3.34. The number of aromatic nitrogens is 2. The molecule has 0 aliphatic rings. The molecule has 0 fully saturated rings. The molecule has 1 atom stereocenters. The first-order valence-electron chi connectivity index (χ1n) is 4.90. The van der Waals surface area contributed by atoms with Gasteiger partial charge in [-0.1, -0.05) is 13.0 Å². The molecule has 14 heavy (non-hydrogen) atoms. The van der Waals surface area contributed by atoms with E-state index < -0.39 is 0 Å². The van der Waals surface area contributed by atoms with Crippen molar-refractivity contribution in [2.24, 2.45) is 0 Å². The van der Waals surface area contributed by atoms with Gasteiger partial charge >= 0.3 is 0 Å². The molecular weight excluding hydrogens is 192 g/mol. The van der Waals surface area contributed by atoms with E-state index in [2.05, 4.69) is 47.2 Å². The van der Waals surface area contributed by atoms with Crippen LogP contribution in [0.4, 0.5) is 0 Å².